The van der Waals surface area contributed by atoms with Gasteiger partial charge in [0.1, 0.15) is 5.75 Å². The predicted molar refractivity (Wildman–Crippen MR) is 78.5 cm³/mol. The SMILES string of the molecule is COc1cccc(/N=C\c2c[nH]c3ccccc23)c1. The van der Waals surface area contributed by atoms with Gasteiger partial charge in [0.25, 0.3) is 0 Å². The summed E-state index contributed by atoms with van der Waals surface area (Å²) in [6.45, 7) is 0. The Morgan fingerprint density at radius 1 is 1.11 bits per heavy atom. The molecule has 0 amide bonds. The molecule has 19 heavy (non-hydrogen) atoms. The molecule has 0 aliphatic heterocycles. The molecule has 0 aliphatic rings. The number of nitrogens with one attached hydrogen (secondary N) is 1. The summed E-state index contributed by atoms with van der Waals surface area (Å²) >= 11 is 0. The maximum absolute atomic E-state index is 5.18. The van der Waals surface area contributed by atoms with Gasteiger partial charge < -0.3 is 9.72 Å². The van der Waals surface area contributed by atoms with Gasteiger partial charge in [0, 0.05) is 34.9 Å². The maximum atomic E-state index is 5.18. The Bertz CT molecular complexity index is 728. The fraction of sp³-hybridized carbons (Fsp3) is 0.0625. The van der Waals surface area contributed by atoms with Gasteiger partial charge in [-0.1, -0.05) is 24.3 Å². The zero-order chi connectivity index (χ0) is 13.1. The second kappa shape index (κ2) is 4.98. The third-order valence-corrected chi connectivity index (χ3v) is 3.03. The highest BCUT2D eigenvalue weighted by Crippen LogP contribution is 2.21. The van der Waals surface area contributed by atoms with Crippen molar-refractivity contribution in [1.82, 2.24) is 4.98 Å². The van der Waals surface area contributed by atoms with Crippen LogP contribution in [0.25, 0.3) is 10.9 Å². The Hall–Kier alpha value is -2.55. The first-order chi connectivity index (χ1) is 9.36. The van der Waals surface area contributed by atoms with Gasteiger partial charge in [-0.3, -0.25) is 4.99 Å². The van der Waals surface area contributed by atoms with Gasteiger partial charge in [-0.15, -0.1) is 0 Å². The smallest absolute Gasteiger partial charge is 0.121 e. The van der Waals surface area contributed by atoms with Crippen molar-refractivity contribution in [3.63, 3.8) is 0 Å². The summed E-state index contributed by atoms with van der Waals surface area (Å²) in [6.07, 6.45) is 3.84. The minimum atomic E-state index is 0.813. The number of ether oxygens (including phenoxy) is 1. The van der Waals surface area contributed by atoms with Crippen molar-refractivity contribution in [3.8, 4) is 5.75 Å². The zero-order valence-electron chi connectivity index (χ0n) is 10.6. The number of aliphatic imine (C=N–C) groups is 1. The maximum Gasteiger partial charge on any atom is 0.121 e. The number of hydrogen-bond acceptors (Lipinski definition) is 2. The highest BCUT2D eigenvalue weighted by atomic mass is 16.5. The standard InChI is InChI=1S/C16H14N2O/c1-19-14-6-4-5-13(9-14)17-10-12-11-18-16-8-3-2-7-15(12)16/h2-11,18H,1H3/b17-10-. The molecule has 0 radical (unpaired) electrons. The summed E-state index contributed by atoms with van der Waals surface area (Å²) in [5, 5.41) is 1.18. The summed E-state index contributed by atoms with van der Waals surface area (Å²) in [7, 11) is 1.66. The van der Waals surface area contributed by atoms with Crippen molar-refractivity contribution in [3.05, 3.63) is 60.3 Å². The van der Waals surface area contributed by atoms with Crippen molar-refractivity contribution in [2.75, 3.05) is 7.11 Å². The van der Waals surface area contributed by atoms with E-state index < -0.39 is 0 Å². The van der Waals surface area contributed by atoms with Crippen LogP contribution in [-0.4, -0.2) is 18.3 Å². The molecule has 3 heteroatoms. The number of nitrogens with zero attached hydrogens (tertiary/aromatic N) is 1. The third-order valence-electron chi connectivity index (χ3n) is 3.03. The zero-order valence-corrected chi connectivity index (χ0v) is 10.6. The van der Waals surface area contributed by atoms with Crippen LogP contribution in [0.3, 0.4) is 0 Å². The largest absolute Gasteiger partial charge is 0.497 e. The quantitative estimate of drug-likeness (QED) is 0.703. The van der Waals surface area contributed by atoms with E-state index in [0.717, 1.165) is 22.5 Å². The van der Waals surface area contributed by atoms with Gasteiger partial charge in [-0.05, 0) is 18.2 Å². The van der Waals surface area contributed by atoms with Gasteiger partial charge in [0.05, 0.1) is 12.8 Å². The lowest BCUT2D eigenvalue weighted by atomic mass is 10.2. The normalized spacial score (nSPS) is 11.2. The Morgan fingerprint density at radius 3 is 2.89 bits per heavy atom. The lowest BCUT2D eigenvalue weighted by Gasteiger charge is -1.99. The summed E-state index contributed by atoms with van der Waals surface area (Å²) in [4.78, 5) is 7.71. The van der Waals surface area contributed by atoms with Crippen LogP contribution in [0.4, 0.5) is 5.69 Å². The van der Waals surface area contributed by atoms with E-state index in [1.807, 2.05) is 48.8 Å². The first-order valence-electron chi connectivity index (χ1n) is 6.11. The second-order valence-corrected chi connectivity index (χ2v) is 4.25. The van der Waals surface area contributed by atoms with E-state index in [9.17, 15) is 0 Å². The number of hydrogen-bond donors (Lipinski definition) is 1. The molecule has 1 aromatic heterocycles. The van der Waals surface area contributed by atoms with Crippen LogP contribution in [0, 0.1) is 0 Å². The molecule has 0 atom stereocenters. The van der Waals surface area contributed by atoms with Crippen LogP contribution in [0.15, 0.2) is 59.7 Å². The number of aromatic amines is 1. The van der Waals surface area contributed by atoms with E-state index in [4.69, 9.17) is 4.74 Å². The van der Waals surface area contributed by atoms with Crippen molar-refractivity contribution >= 4 is 22.8 Å². The number of benzene rings is 2. The number of methoxy groups -OCH3 is 1. The molecule has 3 nitrogen and oxygen atoms in total. The number of fused-ring (bicyclic) bond motifs is 1. The average Bonchev–Trinajstić information content (AvgIpc) is 2.89. The highest BCUT2D eigenvalue weighted by molar-refractivity contribution is 5.99. The van der Waals surface area contributed by atoms with Gasteiger partial charge in [-0.25, -0.2) is 0 Å². The first-order valence-corrected chi connectivity index (χ1v) is 6.11. The number of rotatable bonds is 3. The predicted octanol–water partition coefficient (Wildman–Crippen LogP) is 3.93. The topological polar surface area (TPSA) is 37.4 Å². The van der Waals surface area contributed by atoms with Crippen LogP contribution in [0.5, 0.6) is 5.75 Å². The molecule has 0 saturated carbocycles. The molecule has 0 fully saturated rings. The number of H-pyrrole nitrogens is 1. The average molecular weight is 250 g/mol. The Morgan fingerprint density at radius 2 is 2.00 bits per heavy atom. The van der Waals surface area contributed by atoms with Crippen molar-refractivity contribution < 1.29 is 4.74 Å². The lowest BCUT2D eigenvalue weighted by Crippen LogP contribution is -1.81. The minimum Gasteiger partial charge on any atom is -0.497 e. The molecule has 0 spiro atoms. The molecule has 1 heterocycles. The molecule has 0 bridgehead atoms. The Labute approximate surface area is 111 Å². The molecule has 3 rings (SSSR count). The van der Waals surface area contributed by atoms with E-state index in [-0.39, 0.29) is 0 Å². The third kappa shape index (κ3) is 2.36. The van der Waals surface area contributed by atoms with E-state index in [1.165, 1.54) is 5.39 Å². The van der Waals surface area contributed by atoms with E-state index in [2.05, 4.69) is 22.1 Å². The van der Waals surface area contributed by atoms with Crippen LogP contribution < -0.4 is 4.74 Å². The van der Waals surface area contributed by atoms with E-state index in [0.29, 0.717) is 0 Å². The lowest BCUT2D eigenvalue weighted by molar-refractivity contribution is 0.415. The molecule has 0 saturated heterocycles. The Balaban J connectivity index is 1.93. The van der Waals surface area contributed by atoms with Gasteiger partial charge in [0.15, 0.2) is 0 Å². The minimum absolute atomic E-state index is 0.813. The van der Waals surface area contributed by atoms with Crippen molar-refractivity contribution in [1.29, 1.82) is 0 Å². The summed E-state index contributed by atoms with van der Waals surface area (Å²) < 4.78 is 5.18. The number of aromatic nitrogens is 1. The summed E-state index contributed by atoms with van der Waals surface area (Å²) in [6, 6.07) is 15.9. The highest BCUT2D eigenvalue weighted by Gasteiger charge is 1.99. The van der Waals surface area contributed by atoms with Crippen LogP contribution in [-0.2, 0) is 0 Å². The summed E-state index contributed by atoms with van der Waals surface area (Å²) in [5.74, 6) is 0.813. The van der Waals surface area contributed by atoms with Gasteiger partial charge in [-0.2, -0.15) is 0 Å². The fourth-order valence-electron chi connectivity index (χ4n) is 2.04. The van der Waals surface area contributed by atoms with E-state index in [1.54, 1.807) is 7.11 Å². The first kappa shape index (κ1) is 11.5. The molecule has 1 N–H and O–H groups in total. The van der Waals surface area contributed by atoms with Crippen molar-refractivity contribution in [2.24, 2.45) is 4.99 Å². The molecule has 3 aromatic rings. The monoisotopic (exact) mass is 250 g/mol. The van der Waals surface area contributed by atoms with Gasteiger partial charge in [0.2, 0.25) is 0 Å². The molecule has 0 aliphatic carbocycles. The van der Waals surface area contributed by atoms with Crippen LogP contribution in [0.1, 0.15) is 5.56 Å². The second-order valence-electron chi connectivity index (χ2n) is 4.25. The van der Waals surface area contributed by atoms with Crippen molar-refractivity contribution in [2.45, 2.75) is 0 Å². The van der Waals surface area contributed by atoms with Gasteiger partial charge >= 0.3 is 0 Å². The van der Waals surface area contributed by atoms with Crippen LogP contribution in [0.2, 0.25) is 0 Å². The molecular formula is C16H14N2O. The molecular weight excluding hydrogens is 236 g/mol. The van der Waals surface area contributed by atoms with Crippen LogP contribution >= 0.6 is 0 Å². The number of para-hydroxylation sites is 1. The fourth-order valence-corrected chi connectivity index (χ4v) is 2.04. The Kier molecular flexibility index (Phi) is 3.02. The van der Waals surface area contributed by atoms with E-state index >= 15 is 0 Å². The molecule has 2 aromatic carbocycles. The molecule has 0 unspecified atom stereocenters. The summed E-state index contributed by atoms with van der Waals surface area (Å²) in [5.41, 5.74) is 3.08. The molecule has 94 valence electrons.